The molecule has 0 saturated carbocycles. The molecular weight excluding hydrogens is 160 g/mol. The maximum absolute atomic E-state index is 10.6. The Balaban J connectivity index is 4.07. The van der Waals surface area contributed by atoms with Crippen molar-refractivity contribution in [1.29, 1.82) is 0 Å². The largest absolute Gasteiger partial charge is 0.408 e. The first-order chi connectivity index (χ1) is 5.54. The van der Waals surface area contributed by atoms with E-state index in [1.54, 1.807) is 20.8 Å². The van der Waals surface area contributed by atoms with E-state index >= 15 is 0 Å². The Hall–Kier alpha value is -0.610. The summed E-state index contributed by atoms with van der Waals surface area (Å²) in [4.78, 5) is 10.6. The van der Waals surface area contributed by atoms with E-state index in [9.17, 15) is 4.79 Å². The van der Waals surface area contributed by atoms with Gasteiger partial charge in [-0.2, -0.15) is 0 Å². The monoisotopic (exact) mass is 176 g/mol. The molecule has 0 spiro atoms. The fourth-order valence-electron chi connectivity index (χ4n) is 0.886. The van der Waals surface area contributed by atoms with E-state index in [1.165, 1.54) is 6.92 Å². The van der Waals surface area contributed by atoms with Gasteiger partial charge < -0.3 is 14.2 Å². The van der Waals surface area contributed by atoms with Gasteiger partial charge in [0.2, 0.25) is 0 Å². The van der Waals surface area contributed by atoms with Gasteiger partial charge in [0, 0.05) is 13.8 Å². The highest BCUT2D eigenvalue weighted by Gasteiger charge is 2.28. The lowest BCUT2D eigenvalue weighted by Gasteiger charge is -2.27. The first kappa shape index (κ1) is 11.4. The molecule has 0 aromatic heterocycles. The molecule has 0 aliphatic carbocycles. The van der Waals surface area contributed by atoms with Crippen LogP contribution in [-0.2, 0) is 19.0 Å². The minimum atomic E-state index is -1.23. The molecule has 0 amide bonds. The molecule has 0 aliphatic heterocycles. The number of rotatable bonds is 5. The van der Waals surface area contributed by atoms with Crippen LogP contribution in [0.2, 0.25) is 0 Å². The highest BCUT2D eigenvalue weighted by molar-refractivity contribution is 5.66. The Kier molecular flexibility index (Phi) is 4.85. The summed E-state index contributed by atoms with van der Waals surface area (Å²) < 4.78 is 15.1. The minimum Gasteiger partial charge on any atom is -0.408 e. The highest BCUT2D eigenvalue weighted by Crippen LogP contribution is 2.14. The fraction of sp³-hybridized carbons (Fsp3) is 0.875. The van der Waals surface area contributed by atoms with Gasteiger partial charge >= 0.3 is 11.9 Å². The molecule has 0 saturated heterocycles. The summed E-state index contributed by atoms with van der Waals surface area (Å²) in [5.41, 5.74) is 0. The number of ether oxygens (including phenoxy) is 3. The van der Waals surface area contributed by atoms with Crippen molar-refractivity contribution in [2.24, 2.45) is 0 Å². The molecule has 0 heterocycles. The third-order valence-corrected chi connectivity index (χ3v) is 1.14. The molecule has 72 valence electrons. The van der Waals surface area contributed by atoms with E-state index in [2.05, 4.69) is 0 Å². The Morgan fingerprint density at radius 3 is 1.92 bits per heavy atom. The molecule has 4 heteroatoms. The lowest BCUT2D eigenvalue weighted by molar-refractivity contribution is -0.348. The van der Waals surface area contributed by atoms with Crippen LogP contribution < -0.4 is 0 Å². The van der Waals surface area contributed by atoms with Crippen molar-refractivity contribution in [1.82, 2.24) is 0 Å². The number of hydrogen-bond donors (Lipinski definition) is 0. The SMILES string of the molecule is CCOC(C)(OCC)OC(C)=O. The van der Waals surface area contributed by atoms with Crippen molar-refractivity contribution in [3.8, 4) is 0 Å². The first-order valence-corrected chi connectivity index (χ1v) is 4.01. The molecule has 0 aromatic carbocycles. The van der Waals surface area contributed by atoms with Gasteiger partial charge in [-0.3, -0.25) is 4.79 Å². The Bertz CT molecular complexity index is 138. The zero-order valence-electron chi connectivity index (χ0n) is 8.05. The molecule has 0 N–H and O–H groups in total. The molecule has 0 radical (unpaired) electrons. The summed E-state index contributed by atoms with van der Waals surface area (Å²) in [7, 11) is 0. The van der Waals surface area contributed by atoms with E-state index in [0.29, 0.717) is 13.2 Å². The van der Waals surface area contributed by atoms with Gasteiger partial charge in [-0.05, 0) is 13.8 Å². The molecule has 0 atom stereocenters. The van der Waals surface area contributed by atoms with Crippen LogP contribution in [0.3, 0.4) is 0 Å². The summed E-state index contributed by atoms with van der Waals surface area (Å²) in [5, 5.41) is 0. The van der Waals surface area contributed by atoms with E-state index in [-0.39, 0.29) is 0 Å². The van der Waals surface area contributed by atoms with Crippen LogP contribution >= 0.6 is 0 Å². The average Bonchev–Trinajstić information content (AvgIpc) is 1.85. The second kappa shape index (κ2) is 5.11. The van der Waals surface area contributed by atoms with Gasteiger partial charge in [0.15, 0.2) is 0 Å². The molecule has 12 heavy (non-hydrogen) atoms. The Morgan fingerprint density at radius 2 is 1.67 bits per heavy atom. The van der Waals surface area contributed by atoms with Crippen molar-refractivity contribution < 1.29 is 19.0 Å². The molecule has 0 rings (SSSR count). The average molecular weight is 176 g/mol. The molecular formula is C8H16O4. The van der Waals surface area contributed by atoms with Crippen molar-refractivity contribution >= 4 is 5.97 Å². The van der Waals surface area contributed by atoms with Crippen molar-refractivity contribution in [3.05, 3.63) is 0 Å². The summed E-state index contributed by atoms with van der Waals surface area (Å²) in [6.07, 6.45) is 0. The van der Waals surface area contributed by atoms with Crippen LogP contribution in [0.1, 0.15) is 27.7 Å². The zero-order chi connectivity index (χ0) is 9.61. The zero-order valence-corrected chi connectivity index (χ0v) is 8.05. The highest BCUT2D eigenvalue weighted by atomic mass is 16.9. The standard InChI is InChI=1S/C8H16O4/c1-5-10-8(4,11-6-2)12-7(3)9/h5-6H2,1-4H3. The maximum atomic E-state index is 10.6. The van der Waals surface area contributed by atoms with E-state index in [0.717, 1.165) is 0 Å². The van der Waals surface area contributed by atoms with Gasteiger partial charge in [0.05, 0.1) is 13.2 Å². The van der Waals surface area contributed by atoms with Crippen molar-refractivity contribution in [2.45, 2.75) is 33.7 Å². The van der Waals surface area contributed by atoms with Crippen LogP contribution in [0.5, 0.6) is 0 Å². The molecule has 4 nitrogen and oxygen atoms in total. The van der Waals surface area contributed by atoms with Crippen LogP contribution in [0.15, 0.2) is 0 Å². The predicted octanol–water partition coefficient (Wildman–Crippen LogP) is 1.30. The first-order valence-electron chi connectivity index (χ1n) is 4.01. The predicted molar refractivity (Wildman–Crippen MR) is 43.4 cm³/mol. The van der Waals surface area contributed by atoms with Gasteiger partial charge in [0.1, 0.15) is 0 Å². The second-order valence-corrected chi connectivity index (χ2v) is 2.32. The topological polar surface area (TPSA) is 44.8 Å². The third kappa shape index (κ3) is 4.31. The van der Waals surface area contributed by atoms with E-state index in [1.807, 2.05) is 0 Å². The lowest BCUT2D eigenvalue weighted by Crippen LogP contribution is -2.37. The maximum Gasteiger partial charge on any atom is 0.326 e. The minimum absolute atomic E-state index is 0.417. The summed E-state index contributed by atoms with van der Waals surface area (Å²) in [6.45, 7) is 7.37. The molecule has 0 aromatic rings. The Labute approximate surface area is 72.8 Å². The second-order valence-electron chi connectivity index (χ2n) is 2.32. The smallest absolute Gasteiger partial charge is 0.326 e. The van der Waals surface area contributed by atoms with E-state index < -0.39 is 11.9 Å². The lowest BCUT2D eigenvalue weighted by atomic mass is 10.6. The summed E-state index contributed by atoms with van der Waals surface area (Å²) in [5.74, 6) is -1.64. The van der Waals surface area contributed by atoms with Gasteiger partial charge in [0.25, 0.3) is 0 Å². The van der Waals surface area contributed by atoms with Gasteiger partial charge in [-0.15, -0.1) is 0 Å². The molecule has 0 fully saturated rings. The van der Waals surface area contributed by atoms with Crippen molar-refractivity contribution in [3.63, 3.8) is 0 Å². The number of hydrogen-bond acceptors (Lipinski definition) is 4. The third-order valence-electron chi connectivity index (χ3n) is 1.14. The van der Waals surface area contributed by atoms with Crippen LogP contribution in [0.4, 0.5) is 0 Å². The van der Waals surface area contributed by atoms with Crippen LogP contribution in [0, 0.1) is 0 Å². The quantitative estimate of drug-likeness (QED) is 0.468. The molecule has 0 bridgehead atoms. The van der Waals surface area contributed by atoms with Crippen LogP contribution in [-0.4, -0.2) is 25.2 Å². The summed E-state index contributed by atoms with van der Waals surface area (Å²) >= 11 is 0. The van der Waals surface area contributed by atoms with E-state index in [4.69, 9.17) is 14.2 Å². The normalized spacial score (nSPS) is 11.3. The molecule has 0 unspecified atom stereocenters. The van der Waals surface area contributed by atoms with Gasteiger partial charge in [-0.1, -0.05) is 0 Å². The summed E-state index contributed by atoms with van der Waals surface area (Å²) in [6, 6.07) is 0. The van der Waals surface area contributed by atoms with Crippen LogP contribution in [0.25, 0.3) is 0 Å². The number of carbonyl (C=O) groups is 1. The number of carbonyl (C=O) groups excluding carboxylic acids is 1. The number of esters is 1. The van der Waals surface area contributed by atoms with Gasteiger partial charge in [-0.25, -0.2) is 0 Å². The molecule has 0 aliphatic rings. The Morgan fingerprint density at radius 1 is 1.25 bits per heavy atom. The fourth-order valence-corrected chi connectivity index (χ4v) is 0.886. The van der Waals surface area contributed by atoms with Crippen molar-refractivity contribution in [2.75, 3.05) is 13.2 Å².